The Morgan fingerprint density at radius 3 is 2.10 bits per heavy atom. The number of hydrogen-bond donors (Lipinski definition) is 1. The lowest BCUT2D eigenvalue weighted by Gasteiger charge is -2.49. The molecular weight excluding hydrogens is 366 g/mol. The largest absolute Gasteiger partial charge is 0.366 e. The van der Waals surface area contributed by atoms with Crippen LogP contribution in [0.25, 0.3) is 0 Å². The maximum atomic E-state index is 3.59. The highest BCUT2D eigenvalue weighted by Gasteiger charge is 2.40. The van der Waals surface area contributed by atoms with E-state index in [2.05, 4.69) is 69.7 Å². The first-order chi connectivity index (χ1) is 14.9. The van der Waals surface area contributed by atoms with Crippen LogP contribution in [-0.2, 0) is 5.54 Å². The predicted octanol–water partition coefficient (Wildman–Crippen LogP) is 6.37. The second-order valence-electron chi connectivity index (χ2n) is 9.56. The smallest absolute Gasteiger partial charge is 0.0880 e. The molecule has 5 rings (SSSR count). The minimum atomic E-state index is 0.248. The number of benzene rings is 2. The fourth-order valence-electron chi connectivity index (χ4n) is 6.26. The summed E-state index contributed by atoms with van der Waals surface area (Å²) in [4.78, 5) is 5.50. The molecule has 0 amide bonds. The van der Waals surface area contributed by atoms with Gasteiger partial charge in [-0.15, -0.1) is 0 Å². The number of nitrogens with zero attached hydrogens (tertiary/aromatic N) is 2. The molecule has 2 aliphatic heterocycles. The third kappa shape index (κ3) is 3.85. The van der Waals surface area contributed by atoms with Crippen LogP contribution in [0.4, 0.5) is 11.4 Å². The summed E-state index contributed by atoms with van der Waals surface area (Å²) < 4.78 is 0. The monoisotopic (exact) mass is 403 g/mol. The molecule has 30 heavy (non-hydrogen) atoms. The minimum Gasteiger partial charge on any atom is -0.366 e. The van der Waals surface area contributed by atoms with Crippen molar-refractivity contribution in [1.29, 1.82) is 0 Å². The Morgan fingerprint density at radius 1 is 0.733 bits per heavy atom. The average Bonchev–Trinajstić information content (AvgIpc) is 3.28. The van der Waals surface area contributed by atoms with Crippen LogP contribution < -0.4 is 10.2 Å². The first-order valence-corrected chi connectivity index (χ1v) is 12.3. The van der Waals surface area contributed by atoms with Crippen LogP contribution in [0.3, 0.4) is 0 Å². The van der Waals surface area contributed by atoms with E-state index < -0.39 is 0 Å². The maximum absolute atomic E-state index is 3.59. The molecule has 3 nitrogen and oxygen atoms in total. The Bertz CT molecular complexity index is 800. The van der Waals surface area contributed by atoms with Crippen molar-refractivity contribution in [2.24, 2.45) is 0 Å². The van der Waals surface area contributed by atoms with E-state index in [0.717, 1.165) is 6.67 Å². The van der Waals surface area contributed by atoms with Gasteiger partial charge in [0.15, 0.2) is 0 Å². The van der Waals surface area contributed by atoms with E-state index in [9.17, 15) is 0 Å². The highest BCUT2D eigenvalue weighted by atomic mass is 15.3. The molecule has 0 unspecified atom stereocenters. The molecule has 0 atom stereocenters. The van der Waals surface area contributed by atoms with E-state index in [0.29, 0.717) is 6.04 Å². The standard InChI is InChI=1S/C27H37N3/c1-2-4-11-19-27(18-10-3-1,23-12-6-5-7-13-23)29-20-16-24(17-21-29)30-22-28-25-14-8-9-15-26(25)30/h5-9,12-15,24,28H,1-4,10-11,16-22H2. The maximum Gasteiger partial charge on any atom is 0.0880 e. The number of piperidine rings is 1. The second-order valence-corrected chi connectivity index (χ2v) is 9.56. The van der Waals surface area contributed by atoms with Crippen molar-refractivity contribution in [3.05, 3.63) is 60.2 Å². The van der Waals surface area contributed by atoms with Crippen molar-refractivity contribution < 1.29 is 0 Å². The summed E-state index contributed by atoms with van der Waals surface area (Å²) in [5.74, 6) is 0. The molecule has 1 saturated carbocycles. The Kier molecular flexibility index (Phi) is 5.99. The second kappa shape index (κ2) is 9.01. The summed E-state index contributed by atoms with van der Waals surface area (Å²) in [7, 11) is 0. The van der Waals surface area contributed by atoms with Gasteiger partial charge in [-0.3, -0.25) is 4.90 Å². The van der Waals surface area contributed by atoms with Crippen molar-refractivity contribution >= 4 is 11.4 Å². The lowest BCUT2D eigenvalue weighted by molar-refractivity contribution is 0.0387. The lowest BCUT2D eigenvalue weighted by Crippen LogP contribution is -2.53. The Labute approximate surface area is 182 Å². The van der Waals surface area contributed by atoms with Crippen LogP contribution in [0.1, 0.15) is 69.8 Å². The van der Waals surface area contributed by atoms with Gasteiger partial charge in [-0.25, -0.2) is 0 Å². The third-order valence-corrected chi connectivity index (χ3v) is 7.91. The summed E-state index contributed by atoms with van der Waals surface area (Å²) in [6.07, 6.45) is 13.6. The first-order valence-electron chi connectivity index (χ1n) is 12.3. The van der Waals surface area contributed by atoms with Crippen LogP contribution >= 0.6 is 0 Å². The first kappa shape index (κ1) is 19.9. The molecule has 0 aromatic heterocycles. The van der Waals surface area contributed by atoms with Crippen molar-refractivity contribution in [2.45, 2.75) is 75.8 Å². The molecule has 1 aliphatic carbocycles. The number of nitrogens with one attached hydrogen (secondary N) is 1. The predicted molar refractivity (Wildman–Crippen MR) is 127 cm³/mol. The molecule has 0 spiro atoms. The highest BCUT2D eigenvalue weighted by Crippen LogP contribution is 2.43. The molecule has 2 aromatic rings. The van der Waals surface area contributed by atoms with Crippen LogP contribution in [0.5, 0.6) is 0 Å². The number of anilines is 2. The summed E-state index contributed by atoms with van der Waals surface area (Å²) in [6.45, 7) is 3.41. The van der Waals surface area contributed by atoms with Gasteiger partial charge >= 0.3 is 0 Å². The number of para-hydroxylation sites is 2. The van der Waals surface area contributed by atoms with Gasteiger partial charge < -0.3 is 10.2 Å². The van der Waals surface area contributed by atoms with E-state index in [1.807, 2.05) is 0 Å². The van der Waals surface area contributed by atoms with Crippen molar-refractivity contribution in [1.82, 2.24) is 4.90 Å². The van der Waals surface area contributed by atoms with Crippen LogP contribution in [-0.4, -0.2) is 30.7 Å². The molecule has 2 fully saturated rings. The highest BCUT2D eigenvalue weighted by molar-refractivity contribution is 5.74. The summed E-state index contributed by atoms with van der Waals surface area (Å²) >= 11 is 0. The van der Waals surface area contributed by atoms with Gasteiger partial charge in [0.05, 0.1) is 18.0 Å². The lowest BCUT2D eigenvalue weighted by atomic mass is 9.78. The van der Waals surface area contributed by atoms with E-state index >= 15 is 0 Å². The number of rotatable bonds is 3. The molecule has 2 heterocycles. The van der Waals surface area contributed by atoms with Crippen LogP contribution in [0.15, 0.2) is 54.6 Å². The zero-order chi connectivity index (χ0) is 20.2. The van der Waals surface area contributed by atoms with Gasteiger partial charge in [0, 0.05) is 24.7 Å². The molecule has 0 bridgehead atoms. The number of likely N-dealkylation sites (tertiary alicyclic amines) is 1. The average molecular weight is 404 g/mol. The zero-order valence-corrected chi connectivity index (χ0v) is 18.4. The molecule has 2 aromatic carbocycles. The molecule has 0 radical (unpaired) electrons. The Hall–Kier alpha value is -2.00. The molecule has 160 valence electrons. The van der Waals surface area contributed by atoms with Crippen molar-refractivity contribution in [3.63, 3.8) is 0 Å². The summed E-state index contributed by atoms with van der Waals surface area (Å²) in [5.41, 5.74) is 4.52. The van der Waals surface area contributed by atoms with E-state index in [1.165, 1.54) is 88.7 Å². The normalized spacial score (nSPS) is 23.1. The minimum absolute atomic E-state index is 0.248. The fourth-order valence-corrected chi connectivity index (χ4v) is 6.26. The van der Waals surface area contributed by atoms with E-state index in [1.54, 1.807) is 5.56 Å². The SMILES string of the molecule is c1ccc(C2(N3CCC(N4CNc5ccccc54)CC3)CCCCCCCC2)cc1. The molecule has 1 N–H and O–H groups in total. The summed E-state index contributed by atoms with van der Waals surface area (Å²) in [6, 6.07) is 21.0. The van der Waals surface area contributed by atoms with Gasteiger partial charge in [-0.1, -0.05) is 81.0 Å². The van der Waals surface area contributed by atoms with E-state index in [-0.39, 0.29) is 5.54 Å². The van der Waals surface area contributed by atoms with Gasteiger partial charge in [0.2, 0.25) is 0 Å². The Morgan fingerprint density at radius 2 is 1.37 bits per heavy atom. The molecule has 1 saturated heterocycles. The van der Waals surface area contributed by atoms with Gasteiger partial charge in [0.25, 0.3) is 0 Å². The van der Waals surface area contributed by atoms with E-state index in [4.69, 9.17) is 0 Å². The molecule has 3 aliphatic rings. The number of fused-ring (bicyclic) bond motifs is 1. The van der Waals surface area contributed by atoms with Crippen molar-refractivity contribution in [2.75, 3.05) is 30.0 Å². The summed E-state index contributed by atoms with van der Waals surface area (Å²) in [5, 5.41) is 3.59. The zero-order valence-electron chi connectivity index (χ0n) is 18.4. The van der Waals surface area contributed by atoms with Gasteiger partial charge in [-0.05, 0) is 43.4 Å². The molecular formula is C27H37N3. The fraction of sp³-hybridized carbons (Fsp3) is 0.556. The third-order valence-electron chi connectivity index (χ3n) is 7.91. The molecule has 3 heteroatoms. The Balaban J connectivity index is 1.35. The van der Waals surface area contributed by atoms with Gasteiger partial charge in [0.1, 0.15) is 0 Å². The topological polar surface area (TPSA) is 18.5 Å². The van der Waals surface area contributed by atoms with Gasteiger partial charge in [-0.2, -0.15) is 0 Å². The number of hydrogen-bond acceptors (Lipinski definition) is 3. The van der Waals surface area contributed by atoms with Crippen LogP contribution in [0.2, 0.25) is 0 Å². The van der Waals surface area contributed by atoms with Crippen LogP contribution in [0, 0.1) is 0 Å². The quantitative estimate of drug-likeness (QED) is 0.642. The van der Waals surface area contributed by atoms with Crippen molar-refractivity contribution in [3.8, 4) is 0 Å².